The Kier molecular flexibility index (Phi) is 8.53. The minimum Gasteiger partial charge on any atom is -0.508 e. The average molecular weight is 678 g/mol. The summed E-state index contributed by atoms with van der Waals surface area (Å²) in [5, 5.41) is 24.5. The molecule has 0 unspecified atom stereocenters. The van der Waals surface area contributed by atoms with Crippen molar-refractivity contribution in [2.45, 2.75) is 57.0 Å². The zero-order valence-corrected chi connectivity index (χ0v) is 27.8. The van der Waals surface area contributed by atoms with Crippen LogP contribution in [0.2, 0.25) is 0 Å². The van der Waals surface area contributed by atoms with Gasteiger partial charge in [-0.05, 0) is 88.2 Å². The Morgan fingerprint density at radius 1 is 1.22 bits per heavy atom. The normalized spacial score (nSPS) is 21.7. The number of amides is 1. The molecular formula is C38H37F2N7O3. The summed E-state index contributed by atoms with van der Waals surface area (Å²) in [6.45, 7) is 8.39. The number of aromatic hydroxyl groups is 1. The first kappa shape index (κ1) is 33.2. The van der Waals surface area contributed by atoms with Crippen molar-refractivity contribution in [1.82, 2.24) is 25.2 Å². The molecule has 3 aliphatic heterocycles. The number of carbonyl (C=O) groups is 1. The van der Waals surface area contributed by atoms with Crippen molar-refractivity contribution in [2.24, 2.45) is 5.41 Å². The van der Waals surface area contributed by atoms with Gasteiger partial charge in [-0.15, -0.1) is 6.42 Å². The van der Waals surface area contributed by atoms with Crippen LogP contribution in [0.25, 0.3) is 32.9 Å². The quantitative estimate of drug-likeness (QED) is 0.189. The summed E-state index contributed by atoms with van der Waals surface area (Å²) >= 11 is 0. The number of fused-ring (bicyclic) bond motifs is 3. The Morgan fingerprint density at radius 3 is 2.72 bits per heavy atom. The molecule has 0 bridgehead atoms. The molecule has 3 saturated heterocycles. The van der Waals surface area contributed by atoms with Crippen molar-refractivity contribution in [1.29, 1.82) is 5.26 Å². The number of ether oxygens (including phenoxy) is 1. The fourth-order valence-corrected chi connectivity index (χ4v) is 8.03. The molecule has 0 spiro atoms. The summed E-state index contributed by atoms with van der Waals surface area (Å²) in [4.78, 5) is 30.7. The van der Waals surface area contributed by atoms with Crippen LogP contribution < -0.4 is 15.0 Å². The second kappa shape index (κ2) is 12.8. The number of nitrogens with one attached hydrogen (secondary N) is 1. The van der Waals surface area contributed by atoms with Gasteiger partial charge >= 0.3 is 6.01 Å². The summed E-state index contributed by atoms with van der Waals surface area (Å²) in [5.74, 6) is 0.665. The fraction of sp³-hybridized carbons (Fsp3) is 0.395. The van der Waals surface area contributed by atoms with Crippen LogP contribution >= 0.6 is 0 Å². The van der Waals surface area contributed by atoms with E-state index in [-0.39, 0.29) is 62.9 Å². The molecular weight excluding hydrogens is 640 g/mol. The number of nitriles is 1. The zero-order chi connectivity index (χ0) is 35.2. The molecule has 5 heterocycles. The van der Waals surface area contributed by atoms with Crippen LogP contribution in [0.5, 0.6) is 11.8 Å². The van der Waals surface area contributed by atoms with Crippen molar-refractivity contribution < 1.29 is 23.4 Å². The Morgan fingerprint density at radius 2 is 2.00 bits per heavy atom. The van der Waals surface area contributed by atoms with Crippen LogP contribution in [0.4, 0.5) is 14.6 Å². The maximum absolute atomic E-state index is 17.0. The van der Waals surface area contributed by atoms with E-state index in [4.69, 9.17) is 16.1 Å². The number of aromatic nitrogens is 3. The van der Waals surface area contributed by atoms with E-state index in [2.05, 4.69) is 38.8 Å². The van der Waals surface area contributed by atoms with Gasteiger partial charge in [0.15, 0.2) is 5.82 Å². The molecule has 2 N–H and O–H groups in total. The van der Waals surface area contributed by atoms with Crippen LogP contribution in [0.15, 0.2) is 43.1 Å². The first-order chi connectivity index (χ1) is 24.1. The summed E-state index contributed by atoms with van der Waals surface area (Å²) in [7, 11) is 0. The third-order valence-electron chi connectivity index (χ3n) is 10.5. The van der Waals surface area contributed by atoms with Crippen molar-refractivity contribution >= 4 is 33.4 Å². The minimum absolute atomic E-state index is 0.0215. The van der Waals surface area contributed by atoms with E-state index >= 15 is 4.39 Å². The molecule has 3 fully saturated rings. The highest BCUT2D eigenvalue weighted by molar-refractivity contribution is 6.03. The number of rotatable bonds is 7. The van der Waals surface area contributed by atoms with Crippen molar-refractivity contribution in [3.63, 3.8) is 0 Å². The monoisotopic (exact) mass is 677 g/mol. The van der Waals surface area contributed by atoms with E-state index < -0.39 is 23.1 Å². The van der Waals surface area contributed by atoms with E-state index in [1.165, 1.54) is 36.5 Å². The topological polar surface area (TPSA) is 128 Å². The number of carbonyl (C=O) groups excluding carboxylic acids is 1. The van der Waals surface area contributed by atoms with Crippen LogP contribution in [0.3, 0.4) is 0 Å². The molecule has 3 aliphatic rings. The molecule has 50 heavy (non-hydrogen) atoms. The maximum Gasteiger partial charge on any atom is 0.319 e. The van der Waals surface area contributed by atoms with Gasteiger partial charge in [0.25, 0.3) is 0 Å². The molecule has 2 aromatic carbocycles. The van der Waals surface area contributed by atoms with Crippen LogP contribution in [-0.4, -0.2) is 75.2 Å². The molecule has 0 radical (unpaired) electrons. The molecule has 0 aliphatic carbocycles. The predicted molar refractivity (Wildman–Crippen MR) is 185 cm³/mol. The second-order valence-corrected chi connectivity index (χ2v) is 13.9. The van der Waals surface area contributed by atoms with Gasteiger partial charge in [0.05, 0.1) is 28.0 Å². The number of anilines is 1. The standard InChI is InChI=1S/C38H37F2N7O3/c1-4-26-29(39)9-8-23-16-25(48)17-27(31(23)26)33-32(40)34-28(19-42-33)35(45-36(44-34)50-22-38-10-6-13-47(38)14-7-11-38)46-15-12-37(3,21-41)18-24(20-46)43-30(49)5-2/h1,5,8-9,16-17,19,24,48H,2,6-7,10-15,18,20,22H2,3H3,(H,43,49)/t24-,37+/m0/s1. The number of hydrogen-bond acceptors (Lipinski definition) is 9. The lowest BCUT2D eigenvalue weighted by Gasteiger charge is -2.31. The molecule has 4 aromatic rings. The summed E-state index contributed by atoms with van der Waals surface area (Å²) < 4.78 is 38.3. The Balaban J connectivity index is 1.39. The number of nitrogens with zero attached hydrogens (tertiary/aromatic N) is 6. The summed E-state index contributed by atoms with van der Waals surface area (Å²) in [6, 6.07) is 7.33. The van der Waals surface area contributed by atoms with Crippen LogP contribution in [0.1, 0.15) is 51.0 Å². The van der Waals surface area contributed by atoms with E-state index in [9.17, 15) is 19.6 Å². The summed E-state index contributed by atoms with van der Waals surface area (Å²) in [6.07, 6.45) is 13.3. The van der Waals surface area contributed by atoms with E-state index in [1.54, 1.807) is 0 Å². The Bertz CT molecular complexity index is 2120. The number of benzene rings is 2. The highest BCUT2D eigenvalue weighted by atomic mass is 19.1. The zero-order valence-electron chi connectivity index (χ0n) is 27.8. The van der Waals surface area contributed by atoms with Crippen LogP contribution in [-0.2, 0) is 4.79 Å². The maximum atomic E-state index is 17.0. The van der Waals surface area contributed by atoms with Gasteiger partial charge in [0, 0.05) is 36.3 Å². The number of terminal acetylenes is 1. The molecule has 2 aromatic heterocycles. The molecule has 0 saturated carbocycles. The lowest BCUT2D eigenvalue weighted by atomic mass is 9.83. The minimum atomic E-state index is -0.829. The molecule has 256 valence electrons. The third kappa shape index (κ3) is 5.84. The largest absolute Gasteiger partial charge is 0.508 e. The van der Waals surface area contributed by atoms with Gasteiger partial charge in [0.1, 0.15) is 35.2 Å². The first-order valence-corrected chi connectivity index (χ1v) is 16.8. The number of phenolic OH excluding ortho intramolecular Hbond substituents is 1. The fourth-order valence-electron chi connectivity index (χ4n) is 8.03. The smallest absolute Gasteiger partial charge is 0.319 e. The molecule has 10 nitrogen and oxygen atoms in total. The van der Waals surface area contributed by atoms with Gasteiger partial charge in [-0.1, -0.05) is 18.6 Å². The van der Waals surface area contributed by atoms with Gasteiger partial charge in [-0.3, -0.25) is 14.7 Å². The van der Waals surface area contributed by atoms with E-state index in [0.717, 1.165) is 38.8 Å². The highest BCUT2D eigenvalue weighted by Crippen LogP contribution is 2.41. The first-order valence-electron chi connectivity index (χ1n) is 16.8. The van der Waals surface area contributed by atoms with Crippen LogP contribution in [0, 0.1) is 40.7 Å². The van der Waals surface area contributed by atoms with E-state index in [0.29, 0.717) is 37.2 Å². The highest BCUT2D eigenvalue weighted by Gasteiger charge is 2.45. The van der Waals surface area contributed by atoms with Crippen molar-refractivity contribution in [2.75, 3.05) is 37.7 Å². The van der Waals surface area contributed by atoms with Gasteiger partial charge < -0.3 is 20.1 Å². The Labute approximate surface area is 288 Å². The molecule has 12 heteroatoms. The van der Waals surface area contributed by atoms with E-state index in [1.807, 2.05) is 11.8 Å². The van der Waals surface area contributed by atoms with Gasteiger partial charge in [-0.25, -0.2) is 8.78 Å². The lowest BCUT2D eigenvalue weighted by molar-refractivity contribution is -0.117. The molecule has 1 amide bonds. The predicted octanol–water partition coefficient (Wildman–Crippen LogP) is 5.62. The molecule has 2 atom stereocenters. The van der Waals surface area contributed by atoms with Gasteiger partial charge in [-0.2, -0.15) is 15.2 Å². The third-order valence-corrected chi connectivity index (χ3v) is 10.5. The SMILES string of the molecule is C#Cc1c(F)ccc2cc(O)cc(-c3ncc4c(N5CC[C@@](C)(C#N)C[C@H](NC(=O)C=C)C5)nc(OCC56CCCN5CCC6)nc4c3F)c12. The second-order valence-electron chi connectivity index (χ2n) is 13.9. The number of hydrogen-bond donors (Lipinski definition) is 2. The lowest BCUT2D eigenvalue weighted by Crippen LogP contribution is -2.44. The van der Waals surface area contributed by atoms with Crippen molar-refractivity contribution in [3.05, 3.63) is 60.3 Å². The van der Waals surface area contributed by atoms with Crippen molar-refractivity contribution in [3.8, 4) is 41.4 Å². The number of pyridine rings is 1. The Hall–Kier alpha value is -5.33. The summed E-state index contributed by atoms with van der Waals surface area (Å²) in [5.41, 5.74) is -1.13. The number of halogens is 2. The number of phenols is 1. The average Bonchev–Trinajstić information content (AvgIpc) is 3.65. The van der Waals surface area contributed by atoms with Gasteiger partial charge in [0.2, 0.25) is 5.91 Å². The molecule has 7 rings (SSSR count).